The number of carbonyl (C=O) groups excluding carboxylic acids is 2. The van der Waals surface area contributed by atoms with Crippen LogP contribution in [-0.2, 0) is 25.7 Å². The third kappa shape index (κ3) is 5.75. The second kappa shape index (κ2) is 10.4. The summed E-state index contributed by atoms with van der Waals surface area (Å²) in [7, 11) is 0. The topological polar surface area (TPSA) is 71.5 Å². The van der Waals surface area contributed by atoms with Gasteiger partial charge in [-0.3, -0.25) is 14.6 Å². The van der Waals surface area contributed by atoms with E-state index in [0.29, 0.717) is 44.4 Å². The van der Waals surface area contributed by atoms with Gasteiger partial charge in [0.25, 0.3) is 0 Å². The zero-order valence-electron chi connectivity index (χ0n) is 18.3. The molecule has 0 radical (unpaired) electrons. The van der Waals surface area contributed by atoms with Gasteiger partial charge in [0, 0.05) is 44.3 Å². The molecule has 31 heavy (non-hydrogen) atoms. The highest BCUT2D eigenvalue weighted by molar-refractivity contribution is 5.71. The van der Waals surface area contributed by atoms with Gasteiger partial charge in [-0.05, 0) is 38.2 Å². The SMILES string of the molecule is CCOC(=O)CN1C2CCC1CC(N1CCN(OC(=O)OCc3ccccc3)CC1)C2. The lowest BCUT2D eigenvalue weighted by atomic mass is 9.95. The third-order valence-corrected chi connectivity index (χ3v) is 6.67. The van der Waals surface area contributed by atoms with Gasteiger partial charge in [0.05, 0.1) is 13.2 Å². The Morgan fingerprint density at radius 1 is 0.935 bits per heavy atom. The van der Waals surface area contributed by atoms with Gasteiger partial charge < -0.3 is 14.3 Å². The fourth-order valence-corrected chi connectivity index (χ4v) is 5.17. The van der Waals surface area contributed by atoms with Crippen molar-refractivity contribution in [2.45, 2.75) is 57.3 Å². The fourth-order valence-electron chi connectivity index (χ4n) is 5.17. The van der Waals surface area contributed by atoms with Crippen LogP contribution in [-0.4, -0.2) is 84.4 Å². The first-order valence-corrected chi connectivity index (χ1v) is 11.4. The quantitative estimate of drug-likeness (QED) is 0.610. The molecule has 1 aromatic rings. The highest BCUT2D eigenvalue weighted by atomic mass is 16.8. The van der Waals surface area contributed by atoms with Gasteiger partial charge >= 0.3 is 12.1 Å². The molecule has 2 atom stereocenters. The molecule has 8 nitrogen and oxygen atoms in total. The van der Waals surface area contributed by atoms with Crippen LogP contribution in [0.5, 0.6) is 0 Å². The summed E-state index contributed by atoms with van der Waals surface area (Å²) in [5, 5.41) is 1.70. The number of hydrogen-bond acceptors (Lipinski definition) is 8. The van der Waals surface area contributed by atoms with Crippen LogP contribution < -0.4 is 0 Å². The first kappa shape index (κ1) is 22.0. The Morgan fingerprint density at radius 2 is 1.61 bits per heavy atom. The maximum Gasteiger partial charge on any atom is 0.528 e. The highest BCUT2D eigenvalue weighted by Crippen LogP contribution is 2.37. The number of piperidine rings is 1. The number of piperazine rings is 1. The zero-order valence-corrected chi connectivity index (χ0v) is 18.3. The lowest BCUT2D eigenvalue weighted by Gasteiger charge is -2.45. The molecule has 4 rings (SSSR count). The molecule has 0 spiro atoms. The number of esters is 1. The van der Waals surface area contributed by atoms with Gasteiger partial charge in [-0.1, -0.05) is 30.3 Å². The number of nitrogens with zero attached hydrogens (tertiary/aromatic N) is 3. The number of hydrogen-bond donors (Lipinski definition) is 0. The number of hydroxylamine groups is 2. The molecule has 0 aromatic heterocycles. The molecule has 2 bridgehead atoms. The Hall–Kier alpha value is -2.16. The molecule has 8 heteroatoms. The number of benzene rings is 1. The summed E-state index contributed by atoms with van der Waals surface area (Å²) in [6.45, 7) is 6.02. The smallest absolute Gasteiger partial charge is 0.465 e. The van der Waals surface area contributed by atoms with Crippen LogP contribution in [0, 0.1) is 0 Å². The Kier molecular flexibility index (Phi) is 7.42. The van der Waals surface area contributed by atoms with Crippen molar-refractivity contribution in [3.8, 4) is 0 Å². The molecule has 0 amide bonds. The lowest BCUT2D eigenvalue weighted by molar-refractivity contribution is -0.154. The normalized spacial score (nSPS) is 27.1. The summed E-state index contributed by atoms with van der Waals surface area (Å²) in [5.41, 5.74) is 0.938. The van der Waals surface area contributed by atoms with Crippen molar-refractivity contribution in [2.75, 3.05) is 39.3 Å². The minimum absolute atomic E-state index is 0.109. The van der Waals surface area contributed by atoms with Crippen LogP contribution in [0.3, 0.4) is 0 Å². The molecular formula is C23H33N3O5. The summed E-state index contributed by atoms with van der Waals surface area (Å²) < 4.78 is 10.4. The van der Waals surface area contributed by atoms with Crippen molar-refractivity contribution in [1.82, 2.24) is 14.9 Å². The number of fused-ring (bicyclic) bond motifs is 2. The van der Waals surface area contributed by atoms with E-state index in [1.54, 1.807) is 5.06 Å². The summed E-state index contributed by atoms with van der Waals surface area (Å²) in [4.78, 5) is 34.2. The van der Waals surface area contributed by atoms with Gasteiger partial charge in [-0.2, -0.15) is 0 Å². The molecule has 3 aliphatic heterocycles. The second-order valence-corrected chi connectivity index (χ2v) is 8.57. The van der Waals surface area contributed by atoms with E-state index < -0.39 is 6.16 Å². The van der Waals surface area contributed by atoms with E-state index in [9.17, 15) is 9.59 Å². The molecule has 3 saturated heterocycles. The van der Waals surface area contributed by atoms with Crippen LogP contribution in [0.1, 0.15) is 38.2 Å². The molecular weight excluding hydrogens is 398 g/mol. The number of ether oxygens (including phenoxy) is 2. The average Bonchev–Trinajstić information content (AvgIpc) is 3.00. The molecule has 170 valence electrons. The predicted molar refractivity (Wildman–Crippen MR) is 114 cm³/mol. The van der Waals surface area contributed by atoms with Crippen LogP contribution in [0.4, 0.5) is 4.79 Å². The van der Waals surface area contributed by atoms with E-state index in [1.807, 2.05) is 37.3 Å². The van der Waals surface area contributed by atoms with E-state index in [1.165, 1.54) is 0 Å². The van der Waals surface area contributed by atoms with Crippen LogP contribution in [0.2, 0.25) is 0 Å². The molecule has 2 unspecified atom stereocenters. The number of rotatable bonds is 7. The van der Waals surface area contributed by atoms with Crippen LogP contribution in [0.25, 0.3) is 0 Å². The molecule has 0 saturated carbocycles. The maximum absolute atomic E-state index is 12.0. The maximum atomic E-state index is 12.0. The largest absolute Gasteiger partial charge is 0.528 e. The summed E-state index contributed by atoms with van der Waals surface area (Å²) in [6.07, 6.45) is 3.86. The van der Waals surface area contributed by atoms with Crippen molar-refractivity contribution in [3.63, 3.8) is 0 Å². The molecule has 0 aliphatic carbocycles. The summed E-state index contributed by atoms with van der Waals surface area (Å²) >= 11 is 0. The highest BCUT2D eigenvalue weighted by Gasteiger charge is 2.43. The van der Waals surface area contributed by atoms with Crippen molar-refractivity contribution in [1.29, 1.82) is 0 Å². The lowest BCUT2D eigenvalue weighted by Crippen LogP contribution is -2.56. The van der Waals surface area contributed by atoms with Crippen LogP contribution >= 0.6 is 0 Å². The van der Waals surface area contributed by atoms with E-state index in [2.05, 4.69) is 9.80 Å². The van der Waals surface area contributed by atoms with E-state index >= 15 is 0 Å². The molecule has 3 fully saturated rings. The standard InChI is InChI=1S/C23H33N3O5/c1-2-29-22(27)16-26-19-8-9-20(26)15-21(14-19)24-10-12-25(13-11-24)31-23(28)30-17-18-6-4-3-5-7-18/h3-7,19-21H,2,8-17H2,1H3. The summed E-state index contributed by atoms with van der Waals surface area (Å²) in [6, 6.07) is 11.0. The minimum atomic E-state index is -0.650. The van der Waals surface area contributed by atoms with Crippen LogP contribution in [0.15, 0.2) is 30.3 Å². The van der Waals surface area contributed by atoms with E-state index in [-0.39, 0.29) is 12.6 Å². The number of carbonyl (C=O) groups is 2. The van der Waals surface area contributed by atoms with E-state index in [4.69, 9.17) is 14.3 Å². The summed E-state index contributed by atoms with van der Waals surface area (Å²) in [5.74, 6) is -0.109. The van der Waals surface area contributed by atoms with Gasteiger partial charge in [-0.15, -0.1) is 5.06 Å². The first-order chi connectivity index (χ1) is 15.1. The van der Waals surface area contributed by atoms with Gasteiger partial charge in [0.1, 0.15) is 6.61 Å². The van der Waals surface area contributed by atoms with Gasteiger partial charge in [0.15, 0.2) is 0 Å². The molecule has 1 aromatic carbocycles. The minimum Gasteiger partial charge on any atom is -0.465 e. The molecule has 3 aliphatic rings. The Bertz CT molecular complexity index is 724. The first-order valence-electron chi connectivity index (χ1n) is 11.4. The van der Waals surface area contributed by atoms with Crippen molar-refractivity contribution >= 4 is 12.1 Å². The Labute approximate surface area is 184 Å². The molecule has 3 heterocycles. The molecule has 0 N–H and O–H groups in total. The van der Waals surface area contributed by atoms with Gasteiger partial charge in [0.2, 0.25) is 0 Å². The predicted octanol–water partition coefficient (Wildman–Crippen LogP) is 2.43. The van der Waals surface area contributed by atoms with Gasteiger partial charge in [-0.25, -0.2) is 4.79 Å². The van der Waals surface area contributed by atoms with Crippen molar-refractivity contribution in [2.24, 2.45) is 0 Å². The average molecular weight is 432 g/mol. The third-order valence-electron chi connectivity index (χ3n) is 6.67. The fraction of sp³-hybridized carbons (Fsp3) is 0.652. The zero-order chi connectivity index (χ0) is 21.6. The second-order valence-electron chi connectivity index (χ2n) is 8.57. The Morgan fingerprint density at radius 3 is 2.26 bits per heavy atom. The van der Waals surface area contributed by atoms with Crippen molar-refractivity contribution < 1.29 is 23.9 Å². The van der Waals surface area contributed by atoms with E-state index in [0.717, 1.165) is 44.3 Å². The van der Waals surface area contributed by atoms with Crippen molar-refractivity contribution in [3.05, 3.63) is 35.9 Å². The Balaban J connectivity index is 1.18. The monoisotopic (exact) mass is 431 g/mol.